The van der Waals surface area contributed by atoms with Gasteiger partial charge >= 0.3 is 0 Å². The number of aromatic nitrogens is 2. The van der Waals surface area contributed by atoms with Crippen LogP contribution in [0.5, 0.6) is 0 Å². The molecule has 0 spiro atoms. The molecule has 3 rings (SSSR count). The van der Waals surface area contributed by atoms with Crippen LogP contribution in [0.25, 0.3) is 6.08 Å². The summed E-state index contributed by atoms with van der Waals surface area (Å²) in [5.74, 6) is -0.0215. The summed E-state index contributed by atoms with van der Waals surface area (Å²) in [7, 11) is 0. The first-order valence-corrected chi connectivity index (χ1v) is 6.48. The Labute approximate surface area is 110 Å². The molecule has 1 saturated carbocycles. The molecule has 5 nitrogen and oxygen atoms in total. The highest BCUT2D eigenvalue weighted by atomic mass is 32.1. The molecule has 6 heteroatoms. The molecular weight excluding hydrogens is 248 g/mol. The van der Waals surface area contributed by atoms with Gasteiger partial charge in [0, 0.05) is 24.3 Å². The van der Waals surface area contributed by atoms with Crippen LogP contribution in [0, 0.1) is 0 Å². The Balaban J connectivity index is 1.84. The lowest BCUT2D eigenvalue weighted by Gasteiger charge is -2.11. The van der Waals surface area contributed by atoms with Crippen molar-refractivity contribution in [2.75, 3.05) is 0 Å². The first-order valence-electron chi connectivity index (χ1n) is 6.07. The van der Waals surface area contributed by atoms with E-state index >= 15 is 0 Å². The predicted octanol–water partition coefficient (Wildman–Crippen LogP) is 1.12. The lowest BCUT2D eigenvalue weighted by Crippen LogP contribution is -2.32. The van der Waals surface area contributed by atoms with Crippen molar-refractivity contribution in [2.24, 2.45) is 0 Å². The van der Waals surface area contributed by atoms with E-state index in [1.165, 1.54) is 0 Å². The molecule has 0 unspecified atom stereocenters. The van der Waals surface area contributed by atoms with Crippen LogP contribution in [0.15, 0.2) is 18.1 Å². The highest BCUT2D eigenvalue weighted by Crippen LogP contribution is 2.30. The number of carbonyl (C=O) groups excluding carboxylic acids is 1. The zero-order chi connectivity index (χ0) is 12.7. The molecule has 0 radical (unpaired) electrons. The summed E-state index contributed by atoms with van der Waals surface area (Å²) in [5.41, 5.74) is 1.45. The number of nitrogens with zero attached hydrogens (tertiary/aromatic N) is 3. The largest absolute Gasteiger partial charge is 0.328 e. The molecular formula is C12H14N4OS. The van der Waals surface area contributed by atoms with Crippen molar-refractivity contribution in [3.63, 3.8) is 0 Å². The molecule has 2 fully saturated rings. The quantitative estimate of drug-likeness (QED) is 0.655. The molecule has 1 aromatic rings. The van der Waals surface area contributed by atoms with Gasteiger partial charge in [-0.3, -0.25) is 14.4 Å². The number of amides is 1. The Bertz CT molecular complexity index is 544. The first kappa shape index (κ1) is 11.4. The van der Waals surface area contributed by atoms with Crippen molar-refractivity contribution in [1.29, 1.82) is 0 Å². The molecule has 1 N–H and O–H groups in total. The minimum absolute atomic E-state index is 0.0215. The second kappa shape index (κ2) is 4.20. The molecule has 0 bridgehead atoms. The normalized spacial score (nSPS) is 21.8. The molecule has 2 aliphatic rings. The molecule has 18 heavy (non-hydrogen) atoms. The molecule has 1 aliphatic carbocycles. The average molecular weight is 262 g/mol. The monoisotopic (exact) mass is 262 g/mol. The topological polar surface area (TPSA) is 50.2 Å². The van der Waals surface area contributed by atoms with Crippen LogP contribution in [0.2, 0.25) is 0 Å². The second-order valence-corrected chi connectivity index (χ2v) is 4.91. The number of thiocarbonyl (C=S) groups is 1. The van der Waals surface area contributed by atoms with Gasteiger partial charge < -0.3 is 5.32 Å². The van der Waals surface area contributed by atoms with Gasteiger partial charge in [-0.1, -0.05) is 0 Å². The van der Waals surface area contributed by atoms with Crippen molar-refractivity contribution in [3.8, 4) is 0 Å². The molecule has 94 valence electrons. The van der Waals surface area contributed by atoms with Crippen LogP contribution >= 0.6 is 12.2 Å². The third-order valence-corrected chi connectivity index (χ3v) is 3.41. The Morgan fingerprint density at radius 3 is 3.00 bits per heavy atom. The van der Waals surface area contributed by atoms with Crippen molar-refractivity contribution >= 4 is 29.3 Å². The summed E-state index contributed by atoms with van der Waals surface area (Å²) in [6, 6.07) is 0.307. The summed E-state index contributed by atoms with van der Waals surface area (Å²) in [4.78, 5) is 13.8. The number of hydrogen-bond acceptors (Lipinski definition) is 3. The molecule has 1 aliphatic heterocycles. The smallest absolute Gasteiger partial charge is 0.276 e. The van der Waals surface area contributed by atoms with E-state index < -0.39 is 0 Å². The van der Waals surface area contributed by atoms with E-state index in [1.807, 2.05) is 17.8 Å². The van der Waals surface area contributed by atoms with Crippen LogP contribution in [0.3, 0.4) is 0 Å². The SMILES string of the molecule is CCn1cc(/C=C2/NC(=S)N(C3CC3)C2=O)cn1. The van der Waals surface area contributed by atoms with Crippen molar-refractivity contribution < 1.29 is 4.79 Å². The van der Waals surface area contributed by atoms with Crippen molar-refractivity contribution in [3.05, 3.63) is 23.7 Å². The summed E-state index contributed by atoms with van der Waals surface area (Å²) in [6.45, 7) is 2.84. The van der Waals surface area contributed by atoms with E-state index in [0.29, 0.717) is 16.9 Å². The van der Waals surface area contributed by atoms with E-state index in [2.05, 4.69) is 10.4 Å². The third kappa shape index (κ3) is 1.92. The molecule has 1 aromatic heterocycles. The van der Waals surface area contributed by atoms with E-state index in [9.17, 15) is 4.79 Å². The minimum Gasteiger partial charge on any atom is -0.328 e. The Morgan fingerprint density at radius 2 is 2.39 bits per heavy atom. The van der Waals surface area contributed by atoms with E-state index in [1.54, 1.807) is 17.2 Å². The van der Waals surface area contributed by atoms with E-state index in [-0.39, 0.29) is 5.91 Å². The van der Waals surface area contributed by atoms with Crippen molar-refractivity contribution in [1.82, 2.24) is 20.0 Å². The molecule has 1 saturated heterocycles. The zero-order valence-electron chi connectivity index (χ0n) is 10.1. The van der Waals surface area contributed by atoms with Gasteiger partial charge in [0.15, 0.2) is 5.11 Å². The number of hydrogen-bond donors (Lipinski definition) is 1. The third-order valence-electron chi connectivity index (χ3n) is 3.11. The van der Waals surface area contributed by atoms with Crippen LogP contribution in [0.1, 0.15) is 25.3 Å². The van der Waals surface area contributed by atoms with Crippen LogP contribution in [-0.2, 0) is 11.3 Å². The number of aryl methyl sites for hydroxylation is 1. The van der Waals surface area contributed by atoms with Crippen LogP contribution in [-0.4, -0.2) is 31.7 Å². The van der Waals surface area contributed by atoms with Crippen LogP contribution in [0.4, 0.5) is 0 Å². The van der Waals surface area contributed by atoms with Gasteiger partial charge in [-0.2, -0.15) is 5.10 Å². The standard InChI is InChI=1S/C12H14N4OS/c1-2-15-7-8(6-13-15)5-10-11(17)16(9-3-4-9)12(18)14-10/h5-7,9H,2-4H2,1H3,(H,14,18)/b10-5+. The van der Waals surface area contributed by atoms with Crippen molar-refractivity contribution in [2.45, 2.75) is 32.4 Å². The number of carbonyl (C=O) groups is 1. The zero-order valence-corrected chi connectivity index (χ0v) is 10.9. The van der Waals surface area contributed by atoms with Gasteiger partial charge in [0.05, 0.1) is 6.20 Å². The predicted molar refractivity (Wildman–Crippen MR) is 71.5 cm³/mol. The summed E-state index contributed by atoms with van der Waals surface area (Å²) in [6.07, 6.45) is 7.55. The fourth-order valence-corrected chi connectivity index (χ4v) is 2.35. The van der Waals surface area contributed by atoms with Gasteiger partial charge in [0.2, 0.25) is 0 Å². The Hall–Kier alpha value is -1.69. The Morgan fingerprint density at radius 1 is 1.61 bits per heavy atom. The highest BCUT2D eigenvalue weighted by molar-refractivity contribution is 7.80. The molecule has 2 heterocycles. The highest BCUT2D eigenvalue weighted by Gasteiger charge is 2.41. The first-order chi connectivity index (χ1) is 8.69. The summed E-state index contributed by atoms with van der Waals surface area (Å²) in [5, 5.41) is 7.68. The fourth-order valence-electron chi connectivity index (χ4n) is 2.01. The van der Waals surface area contributed by atoms with Gasteiger partial charge in [-0.05, 0) is 38.1 Å². The molecule has 0 aromatic carbocycles. The second-order valence-electron chi connectivity index (χ2n) is 4.52. The maximum absolute atomic E-state index is 12.2. The van der Waals surface area contributed by atoms with Crippen LogP contribution < -0.4 is 5.32 Å². The maximum Gasteiger partial charge on any atom is 0.276 e. The number of nitrogens with one attached hydrogen (secondary N) is 1. The maximum atomic E-state index is 12.2. The fraction of sp³-hybridized carbons (Fsp3) is 0.417. The van der Waals surface area contributed by atoms with E-state index in [4.69, 9.17) is 12.2 Å². The minimum atomic E-state index is -0.0215. The molecule has 1 amide bonds. The van der Waals surface area contributed by atoms with Gasteiger partial charge in [-0.15, -0.1) is 0 Å². The average Bonchev–Trinajstić information content (AvgIpc) is 3.00. The van der Waals surface area contributed by atoms with Gasteiger partial charge in [-0.25, -0.2) is 0 Å². The van der Waals surface area contributed by atoms with Gasteiger partial charge in [0.25, 0.3) is 5.91 Å². The Kier molecular flexibility index (Phi) is 2.66. The van der Waals surface area contributed by atoms with Gasteiger partial charge in [0.1, 0.15) is 5.70 Å². The number of rotatable bonds is 3. The summed E-state index contributed by atoms with van der Waals surface area (Å²) < 4.78 is 1.82. The molecule has 0 atom stereocenters. The lowest BCUT2D eigenvalue weighted by atomic mass is 10.3. The summed E-state index contributed by atoms with van der Waals surface area (Å²) >= 11 is 5.19. The van der Waals surface area contributed by atoms with E-state index in [0.717, 1.165) is 24.9 Å². The lowest BCUT2D eigenvalue weighted by molar-refractivity contribution is -0.122.